The van der Waals surface area contributed by atoms with Crippen LogP contribution in [0, 0.1) is 11.3 Å². The second-order valence-corrected chi connectivity index (χ2v) is 4.88. The number of fused-ring (bicyclic) bond motifs is 1. The molecular weight excluding hydrogens is 250 g/mol. The minimum atomic E-state index is -0.0699. The molecule has 0 aliphatic rings. The number of carbonyl (C=O) groups excluding carboxylic acids is 1. The minimum absolute atomic E-state index is 0.0508. The first-order chi connectivity index (χ1) is 9.65. The molecule has 0 unspecified atom stereocenters. The molecule has 0 aliphatic carbocycles. The Labute approximate surface area is 118 Å². The van der Waals surface area contributed by atoms with E-state index in [2.05, 4.69) is 11.1 Å². The molecule has 4 heteroatoms. The zero-order valence-corrected chi connectivity index (χ0v) is 11.7. The second-order valence-electron chi connectivity index (χ2n) is 4.88. The molecule has 0 atom stereocenters. The van der Waals surface area contributed by atoms with Gasteiger partial charge in [-0.15, -0.1) is 0 Å². The quantitative estimate of drug-likeness (QED) is 0.855. The van der Waals surface area contributed by atoms with E-state index in [1.807, 2.05) is 38.1 Å². The Morgan fingerprint density at radius 3 is 2.80 bits per heavy atom. The smallest absolute Gasteiger partial charge is 0.256 e. The van der Waals surface area contributed by atoms with Crippen LogP contribution in [0.25, 0.3) is 10.9 Å². The maximum absolute atomic E-state index is 12.7. The van der Waals surface area contributed by atoms with Crippen molar-refractivity contribution < 1.29 is 4.79 Å². The molecule has 1 amide bonds. The lowest BCUT2D eigenvalue weighted by molar-refractivity contribution is 0.0712. The Bertz CT molecular complexity index is 653. The Kier molecular flexibility index (Phi) is 4.31. The predicted octanol–water partition coefficient (Wildman–Crippen LogP) is 3.00. The van der Waals surface area contributed by atoms with E-state index in [-0.39, 0.29) is 11.9 Å². The van der Waals surface area contributed by atoms with Crippen molar-refractivity contribution in [3.05, 3.63) is 42.1 Å². The van der Waals surface area contributed by atoms with Crippen LogP contribution in [0.3, 0.4) is 0 Å². The van der Waals surface area contributed by atoms with Gasteiger partial charge in [-0.3, -0.25) is 9.78 Å². The molecule has 0 saturated heterocycles. The number of para-hydroxylation sites is 1. The summed E-state index contributed by atoms with van der Waals surface area (Å²) in [4.78, 5) is 18.7. The van der Waals surface area contributed by atoms with E-state index >= 15 is 0 Å². The number of pyridine rings is 1. The number of benzene rings is 1. The summed E-state index contributed by atoms with van der Waals surface area (Å²) in [6.45, 7) is 4.35. The first-order valence-corrected chi connectivity index (χ1v) is 6.67. The lowest BCUT2D eigenvalue weighted by Crippen LogP contribution is -2.37. The van der Waals surface area contributed by atoms with Crippen LogP contribution in [0.2, 0.25) is 0 Å². The van der Waals surface area contributed by atoms with E-state index in [0.717, 1.165) is 5.39 Å². The van der Waals surface area contributed by atoms with Crippen LogP contribution in [0.4, 0.5) is 0 Å². The molecule has 1 aromatic carbocycles. The van der Waals surface area contributed by atoms with Gasteiger partial charge >= 0.3 is 0 Å². The van der Waals surface area contributed by atoms with Crippen LogP contribution in [0.5, 0.6) is 0 Å². The van der Waals surface area contributed by atoms with Gasteiger partial charge in [0.15, 0.2) is 0 Å². The third kappa shape index (κ3) is 2.77. The third-order valence-electron chi connectivity index (χ3n) is 3.21. The van der Waals surface area contributed by atoms with Crippen LogP contribution >= 0.6 is 0 Å². The third-order valence-corrected chi connectivity index (χ3v) is 3.21. The first kappa shape index (κ1) is 14.0. The maximum atomic E-state index is 12.7. The summed E-state index contributed by atoms with van der Waals surface area (Å²) in [6, 6.07) is 11.5. The topological polar surface area (TPSA) is 57.0 Å². The number of aromatic nitrogens is 1. The van der Waals surface area contributed by atoms with Crippen molar-refractivity contribution in [3.63, 3.8) is 0 Å². The Hall–Kier alpha value is -2.41. The van der Waals surface area contributed by atoms with Crippen LogP contribution in [-0.4, -0.2) is 28.4 Å². The van der Waals surface area contributed by atoms with E-state index in [4.69, 9.17) is 5.26 Å². The molecule has 0 N–H and O–H groups in total. The van der Waals surface area contributed by atoms with Crippen molar-refractivity contribution in [3.8, 4) is 6.07 Å². The van der Waals surface area contributed by atoms with Gasteiger partial charge in [0, 0.05) is 24.2 Å². The first-order valence-electron chi connectivity index (χ1n) is 6.67. The van der Waals surface area contributed by atoms with Crippen molar-refractivity contribution in [2.45, 2.75) is 26.3 Å². The van der Waals surface area contributed by atoms with Crippen molar-refractivity contribution >= 4 is 16.8 Å². The molecule has 4 nitrogen and oxygen atoms in total. The van der Waals surface area contributed by atoms with E-state index in [9.17, 15) is 4.79 Å². The highest BCUT2D eigenvalue weighted by molar-refractivity contribution is 6.05. The molecular formula is C16H17N3O. The second kappa shape index (κ2) is 6.16. The zero-order valence-electron chi connectivity index (χ0n) is 11.7. The summed E-state index contributed by atoms with van der Waals surface area (Å²) in [5.74, 6) is -0.0699. The molecule has 2 rings (SSSR count). The lowest BCUT2D eigenvalue weighted by atomic mass is 10.1. The fourth-order valence-electron chi connectivity index (χ4n) is 2.20. The highest BCUT2D eigenvalue weighted by Gasteiger charge is 2.20. The van der Waals surface area contributed by atoms with Gasteiger partial charge in [-0.2, -0.15) is 5.26 Å². The lowest BCUT2D eigenvalue weighted by Gasteiger charge is -2.26. The highest BCUT2D eigenvalue weighted by Crippen LogP contribution is 2.18. The molecule has 0 spiro atoms. The standard InChI is InChI=1S/C16H17N3O/c1-12(2)19(11-5-9-17)16(20)14-8-3-6-13-7-4-10-18-15(13)14/h3-4,6-8,10,12H,5,11H2,1-2H3. The average molecular weight is 267 g/mol. The molecule has 0 saturated carbocycles. The van der Waals surface area contributed by atoms with Crippen molar-refractivity contribution in [1.82, 2.24) is 9.88 Å². The van der Waals surface area contributed by atoms with Gasteiger partial charge in [0.2, 0.25) is 0 Å². The molecule has 0 radical (unpaired) electrons. The number of rotatable bonds is 4. The van der Waals surface area contributed by atoms with Gasteiger partial charge in [0.25, 0.3) is 5.91 Å². The molecule has 1 heterocycles. The summed E-state index contributed by atoms with van der Waals surface area (Å²) in [6.07, 6.45) is 2.02. The van der Waals surface area contributed by atoms with Gasteiger partial charge < -0.3 is 4.90 Å². The SMILES string of the molecule is CC(C)N(CCC#N)C(=O)c1cccc2cccnc12. The number of nitriles is 1. The van der Waals surface area contributed by atoms with Crippen molar-refractivity contribution in [1.29, 1.82) is 5.26 Å². The van der Waals surface area contributed by atoms with Crippen LogP contribution < -0.4 is 0 Å². The normalized spacial score (nSPS) is 10.5. The fourth-order valence-corrected chi connectivity index (χ4v) is 2.20. The van der Waals surface area contributed by atoms with E-state index in [0.29, 0.717) is 24.0 Å². The number of hydrogen-bond acceptors (Lipinski definition) is 3. The number of amides is 1. The van der Waals surface area contributed by atoms with Crippen LogP contribution in [0.15, 0.2) is 36.5 Å². The summed E-state index contributed by atoms with van der Waals surface area (Å²) >= 11 is 0. The minimum Gasteiger partial charge on any atom is -0.335 e. The van der Waals surface area contributed by atoms with E-state index in [1.165, 1.54) is 0 Å². The van der Waals surface area contributed by atoms with Crippen LogP contribution in [-0.2, 0) is 0 Å². The average Bonchev–Trinajstić information content (AvgIpc) is 2.46. The molecule has 102 valence electrons. The number of carbonyl (C=O) groups is 1. The monoisotopic (exact) mass is 267 g/mol. The molecule has 0 bridgehead atoms. The van der Waals surface area contributed by atoms with Gasteiger partial charge in [-0.05, 0) is 26.0 Å². The highest BCUT2D eigenvalue weighted by atomic mass is 16.2. The Morgan fingerprint density at radius 2 is 2.10 bits per heavy atom. The number of hydrogen-bond donors (Lipinski definition) is 0. The van der Waals surface area contributed by atoms with Crippen LogP contribution in [0.1, 0.15) is 30.6 Å². The van der Waals surface area contributed by atoms with E-state index in [1.54, 1.807) is 17.2 Å². The molecule has 1 aromatic heterocycles. The molecule has 0 fully saturated rings. The predicted molar refractivity (Wildman–Crippen MR) is 78.1 cm³/mol. The zero-order chi connectivity index (χ0) is 14.5. The summed E-state index contributed by atoms with van der Waals surface area (Å²) in [7, 11) is 0. The van der Waals surface area contributed by atoms with Crippen molar-refractivity contribution in [2.24, 2.45) is 0 Å². The molecule has 20 heavy (non-hydrogen) atoms. The largest absolute Gasteiger partial charge is 0.335 e. The van der Waals surface area contributed by atoms with Gasteiger partial charge in [-0.25, -0.2) is 0 Å². The van der Waals surface area contributed by atoms with Gasteiger partial charge in [0.1, 0.15) is 0 Å². The Balaban J connectivity index is 2.41. The van der Waals surface area contributed by atoms with Gasteiger partial charge in [0.05, 0.1) is 23.6 Å². The summed E-state index contributed by atoms with van der Waals surface area (Å²) in [5.41, 5.74) is 1.30. The van der Waals surface area contributed by atoms with E-state index < -0.39 is 0 Å². The Morgan fingerprint density at radius 1 is 1.35 bits per heavy atom. The summed E-state index contributed by atoms with van der Waals surface area (Å²) < 4.78 is 0. The summed E-state index contributed by atoms with van der Waals surface area (Å²) in [5, 5.41) is 9.67. The maximum Gasteiger partial charge on any atom is 0.256 e. The molecule has 2 aromatic rings. The number of nitrogens with zero attached hydrogens (tertiary/aromatic N) is 3. The fraction of sp³-hybridized carbons (Fsp3) is 0.312. The molecule has 0 aliphatic heterocycles. The van der Waals surface area contributed by atoms with Crippen molar-refractivity contribution in [2.75, 3.05) is 6.54 Å². The van der Waals surface area contributed by atoms with Gasteiger partial charge in [-0.1, -0.05) is 18.2 Å².